The average molecular weight is 344 g/mol. The van der Waals surface area contributed by atoms with Crippen molar-refractivity contribution in [2.24, 2.45) is 0 Å². The molecule has 25 heavy (non-hydrogen) atoms. The molecule has 0 atom stereocenters. The number of hydrogen-bond donors (Lipinski definition) is 2. The van der Waals surface area contributed by atoms with E-state index in [9.17, 15) is 9.59 Å². The van der Waals surface area contributed by atoms with E-state index in [1.54, 1.807) is 12.1 Å². The maximum atomic E-state index is 12.2. The second-order valence-corrected chi connectivity index (χ2v) is 6.60. The first-order valence-corrected chi connectivity index (χ1v) is 8.91. The molecule has 1 aliphatic rings. The fourth-order valence-electron chi connectivity index (χ4n) is 2.75. The van der Waals surface area contributed by atoms with Crippen LogP contribution in [0.15, 0.2) is 30.0 Å². The quantitative estimate of drug-likeness (QED) is 0.707. The van der Waals surface area contributed by atoms with Gasteiger partial charge in [0.05, 0.1) is 0 Å². The van der Waals surface area contributed by atoms with Gasteiger partial charge in [-0.25, -0.2) is 0 Å². The Morgan fingerprint density at radius 3 is 2.68 bits per heavy atom. The van der Waals surface area contributed by atoms with Gasteiger partial charge in [0.2, 0.25) is 0 Å². The van der Waals surface area contributed by atoms with E-state index in [0.29, 0.717) is 18.7 Å². The van der Waals surface area contributed by atoms with E-state index in [4.69, 9.17) is 0 Å². The molecule has 1 aromatic rings. The van der Waals surface area contributed by atoms with Gasteiger partial charge in [0.25, 0.3) is 11.8 Å². The van der Waals surface area contributed by atoms with E-state index in [1.807, 2.05) is 19.0 Å². The number of aromatic nitrogens is 1. The molecule has 0 saturated heterocycles. The summed E-state index contributed by atoms with van der Waals surface area (Å²) in [6.07, 6.45) is 9.46. The SMILES string of the molecule is CN(C)CCNC(=O)c1ccnc(C(=O)NCCC2=CCCCC2)c1. The summed E-state index contributed by atoms with van der Waals surface area (Å²) >= 11 is 0. The predicted molar refractivity (Wildman–Crippen MR) is 98.6 cm³/mol. The molecule has 0 fully saturated rings. The second-order valence-electron chi connectivity index (χ2n) is 6.60. The van der Waals surface area contributed by atoms with Crippen LogP contribution in [0.1, 0.15) is 53.0 Å². The second kappa shape index (κ2) is 9.93. The van der Waals surface area contributed by atoms with Crippen molar-refractivity contribution in [2.45, 2.75) is 32.1 Å². The van der Waals surface area contributed by atoms with Gasteiger partial charge in [0.1, 0.15) is 5.69 Å². The molecule has 6 heteroatoms. The summed E-state index contributed by atoms with van der Waals surface area (Å²) in [5.74, 6) is -0.426. The van der Waals surface area contributed by atoms with E-state index < -0.39 is 0 Å². The first-order chi connectivity index (χ1) is 12.1. The zero-order chi connectivity index (χ0) is 18.1. The van der Waals surface area contributed by atoms with Gasteiger partial charge >= 0.3 is 0 Å². The Morgan fingerprint density at radius 2 is 1.96 bits per heavy atom. The lowest BCUT2D eigenvalue weighted by atomic mass is 9.97. The van der Waals surface area contributed by atoms with Crippen molar-refractivity contribution in [2.75, 3.05) is 33.7 Å². The van der Waals surface area contributed by atoms with Gasteiger partial charge in [-0.2, -0.15) is 0 Å². The van der Waals surface area contributed by atoms with Crippen LogP contribution in [0, 0.1) is 0 Å². The number of pyridine rings is 1. The Kier molecular flexibility index (Phi) is 7.60. The largest absolute Gasteiger partial charge is 0.351 e. The molecular formula is C19H28N4O2. The van der Waals surface area contributed by atoms with Gasteiger partial charge < -0.3 is 15.5 Å². The van der Waals surface area contributed by atoms with Crippen LogP contribution in [0.3, 0.4) is 0 Å². The first-order valence-electron chi connectivity index (χ1n) is 8.91. The van der Waals surface area contributed by atoms with Crippen LogP contribution in [-0.4, -0.2) is 55.4 Å². The number of carbonyl (C=O) groups excluding carboxylic acids is 2. The van der Waals surface area contributed by atoms with Crippen LogP contribution < -0.4 is 10.6 Å². The minimum absolute atomic E-state index is 0.189. The predicted octanol–water partition coefficient (Wildman–Crippen LogP) is 1.99. The molecular weight excluding hydrogens is 316 g/mol. The monoisotopic (exact) mass is 344 g/mol. The minimum atomic E-state index is -0.237. The Hall–Kier alpha value is -2.21. The molecule has 0 unspecified atom stereocenters. The molecule has 0 aromatic carbocycles. The number of carbonyl (C=O) groups is 2. The number of nitrogens with one attached hydrogen (secondary N) is 2. The van der Waals surface area contributed by atoms with Crippen molar-refractivity contribution in [1.29, 1.82) is 0 Å². The van der Waals surface area contributed by atoms with Gasteiger partial charge in [0, 0.05) is 31.4 Å². The normalized spacial score (nSPS) is 14.1. The van der Waals surface area contributed by atoms with E-state index in [2.05, 4.69) is 21.7 Å². The highest BCUT2D eigenvalue weighted by molar-refractivity contribution is 5.98. The smallest absolute Gasteiger partial charge is 0.269 e. The van der Waals surface area contributed by atoms with Crippen LogP contribution in [0.2, 0.25) is 0 Å². The molecule has 2 rings (SSSR count). The molecule has 2 N–H and O–H groups in total. The van der Waals surface area contributed by atoms with E-state index in [1.165, 1.54) is 24.6 Å². The fourth-order valence-corrected chi connectivity index (χ4v) is 2.75. The summed E-state index contributed by atoms with van der Waals surface area (Å²) in [7, 11) is 3.90. The van der Waals surface area contributed by atoms with Crippen molar-refractivity contribution >= 4 is 11.8 Å². The summed E-state index contributed by atoms with van der Waals surface area (Å²) in [6.45, 7) is 1.93. The number of rotatable bonds is 8. The highest BCUT2D eigenvalue weighted by atomic mass is 16.2. The van der Waals surface area contributed by atoms with Crippen LogP contribution in [0.25, 0.3) is 0 Å². The number of likely N-dealkylation sites (N-methyl/N-ethyl adjacent to an activating group) is 1. The van der Waals surface area contributed by atoms with Gasteiger partial charge in [-0.15, -0.1) is 0 Å². The number of nitrogens with zero attached hydrogens (tertiary/aromatic N) is 2. The van der Waals surface area contributed by atoms with E-state index >= 15 is 0 Å². The zero-order valence-corrected chi connectivity index (χ0v) is 15.2. The Morgan fingerprint density at radius 1 is 1.16 bits per heavy atom. The third-order valence-electron chi connectivity index (χ3n) is 4.22. The summed E-state index contributed by atoms with van der Waals surface area (Å²) in [5, 5.41) is 5.72. The summed E-state index contributed by atoms with van der Waals surface area (Å²) in [6, 6.07) is 3.16. The Bertz CT molecular complexity index is 626. The average Bonchev–Trinajstić information content (AvgIpc) is 2.62. The third kappa shape index (κ3) is 6.66. The molecule has 0 aliphatic heterocycles. The number of hydrogen-bond acceptors (Lipinski definition) is 4. The van der Waals surface area contributed by atoms with Gasteiger partial charge in [-0.05, 0) is 58.3 Å². The van der Waals surface area contributed by atoms with E-state index in [0.717, 1.165) is 25.8 Å². The van der Waals surface area contributed by atoms with Crippen molar-refractivity contribution in [3.63, 3.8) is 0 Å². The number of amides is 2. The van der Waals surface area contributed by atoms with Crippen molar-refractivity contribution < 1.29 is 9.59 Å². The van der Waals surface area contributed by atoms with Crippen molar-refractivity contribution in [3.8, 4) is 0 Å². The van der Waals surface area contributed by atoms with Crippen LogP contribution in [0.5, 0.6) is 0 Å². The summed E-state index contributed by atoms with van der Waals surface area (Å²) < 4.78 is 0. The molecule has 1 heterocycles. The first kappa shape index (κ1) is 19.1. The lowest BCUT2D eigenvalue weighted by molar-refractivity contribution is 0.0949. The molecule has 1 aromatic heterocycles. The molecule has 0 radical (unpaired) electrons. The molecule has 2 amide bonds. The highest BCUT2D eigenvalue weighted by Gasteiger charge is 2.12. The molecule has 1 aliphatic carbocycles. The fraction of sp³-hybridized carbons (Fsp3) is 0.526. The lowest BCUT2D eigenvalue weighted by Crippen LogP contribution is -2.31. The lowest BCUT2D eigenvalue weighted by Gasteiger charge is -2.13. The maximum Gasteiger partial charge on any atom is 0.269 e. The van der Waals surface area contributed by atoms with Gasteiger partial charge in [-0.1, -0.05) is 11.6 Å². The zero-order valence-electron chi connectivity index (χ0n) is 15.2. The van der Waals surface area contributed by atoms with Gasteiger partial charge in [-0.3, -0.25) is 14.6 Å². The van der Waals surface area contributed by atoms with Crippen LogP contribution in [-0.2, 0) is 0 Å². The molecule has 0 saturated carbocycles. The molecule has 0 spiro atoms. The summed E-state index contributed by atoms with van der Waals surface area (Å²) in [5.41, 5.74) is 2.15. The van der Waals surface area contributed by atoms with Crippen molar-refractivity contribution in [3.05, 3.63) is 41.2 Å². The minimum Gasteiger partial charge on any atom is -0.351 e. The third-order valence-corrected chi connectivity index (χ3v) is 4.22. The summed E-state index contributed by atoms with van der Waals surface area (Å²) in [4.78, 5) is 30.4. The van der Waals surface area contributed by atoms with Crippen LogP contribution in [0.4, 0.5) is 0 Å². The standard InChI is InChI=1S/C19H28N4O2/c1-23(2)13-12-22-18(24)16-9-11-20-17(14-16)19(25)21-10-8-15-6-4-3-5-7-15/h6,9,11,14H,3-5,7-8,10,12-13H2,1-2H3,(H,21,25)(H,22,24). The van der Waals surface area contributed by atoms with Gasteiger partial charge in [0.15, 0.2) is 0 Å². The van der Waals surface area contributed by atoms with E-state index in [-0.39, 0.29) is 17.5 Å². The highest BCUT2D eigenvalue weighted by Crippen LogP contribution is 2.19. The molecule has 0 bridgehead atoms. The van der Waals surface area contributed by atoms with Crippen molar-refractivity contribution in [1.82, 2.24) is 20.5 Å². The maximum absolute atomic E-state index is 12.2. The molecule has 6 nitrogen and oxygen atoms in total. The Balaban J connectivity index is 1.83. The van der Waals surface area contributed by atoms with Crippen LogP contribution >= 0.6 is 0 Å². The Labute approximate surface area is 149 Å². The topological polar surface area (TPSA) is 74.3 Å². The number of allylic oxidation sites excluding steroid dienone is 1. The molecule has 136 valence electrons.